The number of nitrogen functional groups attached to an aromatic ring is 1. The van der Waals surface area contributed by atoms with Gasteiger partial charge in [-0.1, -0.05) is 49.0 Å². The molecule has 0 aliphatic heterocycles. The standard InChI is InChI=1S/C20H19N3O3S/c1-2-20(24)23(19-11-7-6-10-18(19)21)17-12-13-22(14-17)27(25,26)15-16-8-4-3-5-9-16/h2-14H,1,15,21H2. The molecule has 138 valence electrons. The molecule has 2 aromatic carbocycles. The van der Waals surface area contributed by atoms with E-state index in [0.717, 1.165) is 10.0 Å². The van der Waals surface area contributed by atoms with Crippen LogP contribution >= 0.6 is 0 Å². The van der Waals surface area contributed by atoms with Gasteiger partial charge in [0.15, 0.2) is 0 Å². The molecular formula is C20H19N3O3S. The molecular weight excluding hydrogens is 362 g/mol. The third-order valence-corrected chi connectivity index (χ3v) is 5.56. The third-order valence-electron chi connectivity index (χ3n) is 4.00. The lowest BCUT2D eigenvalue weighted by Crippen LogP contribution is -2.24. The highest BCUT2D eigenvalue weighted by Gasteiger charge is 2.21. The van der Waals surface area contributed by atoms with Crippen LogP contribution in [0.25, 0.3) is 0 Å². The van der Waals surface area contributed by atoms with Crippen molar-refractivity contribution in [1.29, 1.82) is 0 Å². The molecule has 1 amide bonds. The van der Waals surface area contributed by atoms with Crippen LogP contribution in [0.15, 0.2) is 85.7 Å². The minimum atomic E-state index is -3.63. The lowest BCUT2D eigenvalue weighted by molar-refractivity contribution is -0.113. The molecule has 0 fully saturated rings. The van der Waals surface area contributed by atoms with Gasteiger partial charge in [0.2, 0.25) is 10.0 Å². The van der Waals surface area contributed by atoms with Crippen LogP contribution < -0.4 is 10.6 Å². The molecule has 3 aromatic rings. The van der Waals surface area contributed by atoms with Crippen LogP contribution in [0, 0.1) is 0 Å². The number of nitrogens with two attached hydrogens (primary N) is 1. The number of hydrogen-bond acceptors (Lipinski definition) is 4. The number of carbonyl (C=O) groups excluding carboxylic acids is 1. The van der Waals surface area contributed by atoms with Crippen LogP contribution in [0.1, 0.15) is 5.56 Å². The fourth-order valence-corrected chi connectivity index (χ4v) is 3.98. The van der Waals surface area contributed by atoms with Gasteiger partial charge in [0, 0.05) is 12.4 Å². The molecule has 2 N–H and O–H groups in total. The summed E-state index contributed by atoms with van der Waals surface area (Å²) in [5, 5.41) is 0. The molecule has 0 atom stereocenters. The zero-order valence-electron chi connectivity index (χ0n) is 14.5. The van der Waals surface area contributed by atoms with Crippen LogP contribution in [0.2, 0.25) is 0 Å². The van der Waals surface area contributed by atoms with Gasteiger partial charge in [0.05, 0.1) is 22.8 Å². The Morgan fingerprint density at radius 1 is 1.07 bits per heavy atom. The number of carbonyl (C=O) groups is 1. The van der Waals surface area contributed by atoms with Gasteiger partial charge in [-0.2, -0.15) is 0 Å². The van der Waals surface area contributed by atoms with E-state index in [0.29, 0.717) is 22.6 Å². The summed E-state index contributed by atoms with van der Waals surface area (Å²) in [7, 11) is -3.63. The molecule has 0 aliphatic rings. The van der Waals surface area contributed by atoms with Gasteiger partial charge in [0.1, 0.15) is 0 Å². The summed E-state index contributed by atoms with van der Waals surface area (Å²) in [5.41, 5.74) is 7.91. The van der Waals surface area contributed by atoms with Gasteiger partial charge < -0.3 is 5.73 Å². The van der Waals surface area contributed by atoms with Crippen molar-refractivity contribution < 1.29 is 13.2 Å². The van der Waals surface area contributed by atoms with Crippen molar-refractivity contribution in [2.24, 2.45) is 0 Å². The average molecular weight is 381 g/mol. The summed E-state index contributed by atoms with van der Waals surface area (Å²) in [6.45, 7) is 3.52. The van der Waals surface area contributed by atoms with Crippen molar-refractivity contribution in [2.45, 2.75) is 5.75 Å². The van der Waals surface area contributed by atoms with Crippen LogP contribution in [0.3, 0.4) is 0 Å². The highest BCUT2D eigenvalue weighted by atomic mass is 32.2. The summed E-state index contributed by atoms with van der Waals surface area (Å²) in [4.78, 5) is 13.7. The second kappa shape index (κ2) is 7.51. The zero-order valence-corrected chi connectivity index (χ0v) is 15.3. The van der Waals surface area contributed by atoms with Crippen molar-refractivity contribution >= 4 is 33.0 Å². The summed E-state index contributed by atoms with van der Waals surface area (Å²) in [5.74, 6) is -0.559. The molecule has 0 unspecified atom stereocenters. The molecule has 6 nitrogen and oxygen atoms in total. The van der Waals surface area contributed by atoms with E-state index in [-0.39, 0.29) is 5.75 Å². The summed E-state index contributed by atoms with van der Waals surface area (Å²) < 4.78 is 26.5. The van der Waals surface area contributed by atoms with E-state index in [9.17, 15) is 13.2 Å². The summed E-state index contributed by atoms with van der Waals surface area (Å²) >= 11 is 0. The lowest BCUT2D eigenvalue weighted by Gasteiger charge is -2.21. The molecule has 7 heteroatoms. The number of rotatable bonds is 6. The first-order valence-corrected chi connectivity index (χ1v) is 9.79. The second-order valence-corrected chi connectivity index (χ2v) is 7.75. The van der Waals surface area contributed by atoms with E-state index in [1.165, 1.54) is 17.3 Å². The maximum Gasteiger partial charge on any atom is 0.255 e. The first-order valence-electron chi connectivity index (χ1n) is 8.18. The highest BCUT2D eigenvalue weighted by Crippen LogP contribution is 2.31. The minimum absolute atomic E-state index is 0.148. The number of para-hydroxylation sites is 2. The topological polar surface area (TPSA) is 85.4 Å². The van der Waals surface area contributed by atoms with E-state index in [1.54, 1.807) is 54.6 Å². The van der Waals surface area contributed by atoms with Crippen LogP contribution in [-0.4, -0.2) is 18.3 Å². The minimum Gasteiger partial charge on any atom is -0.397 e. The molecule has 0 saturated carbocycles. The van der Waals surface area contributed by atoms with Crippen molar-refractivity contribution in [1.82, 2.24) is 3.97 Å². The van der Waals surface area contributed by atoms with Crippen molar-refractivity contribution in [3.63, 3.8) is 0 Å². The zero-order chi connectivity index (χ0) is 19.4. The molecule has 0 saturated heterocycles. The number of aromatic nitrogens is 1. The fraction of sp³-hybridized carbons (Fsp3) is 0.0500. The predicted octanol–water partition coefficient (Wildman–Crippen LogP) is 3.30. The van der Waals surface area contributed by atoms with Crippen LogP contribution in [0.4, 0.5) is 17.1 Å². The first-order chi connectivity index (χ1) is 12.9. The Morgan fingerprint density at radius 2 is 1.74 bits per heavy atom. The van der Waals surface area contributed by atoms with E-state index in [2.05, 4.69) is 6.58 Å². The van der Waals surface area contributed by atoms with Gasteiger partial charge in [-0.3, -0.25) is 13.7 Å². The number of nitrogens with zero attached hydrogens (tertiary/aromatic N) is 2. The Balaban J connectivity index is 1.98. The van der Waals surface area contributed by atoms with Crippen LogP contribution in [0.5, 0.6) is 0 Å². The maximum atomic E-state index is 12.7. The first kappa shape index (κ1) is 18.5. The summed E-state index contributed by atoms with van der Waals surface area (Å²) in [6, 6.07) is 17.3. The SMILES string of the molecule is C=CC(=O)N(c1ccn(S(=O)(=O)Cc2ccccc2)c1)c1ccccc1N. The Labute approximate surface area is 158 Å². The Kier molecular flexibility index (Phi) is 5.14. The monoisotopic (exact) mass is 381 g/mol. The predicted molar refractivity (Wildman–Crippen MR) is 107 cm³/mol. The summed E-state index contributed by atoms with van der Waals surface area (Å²) in [6.07, 6.45) is 3.96. The highest BCUT2D eigenvalue weighted by molar-refractivity contribution is 7.89. The quantitative estimate of drug-likeness (QED) is 0.524. The van der Waals surface area contributed by atoms with E-state index in [4.69, 9.17) is 5.73 Å². The molecule has 0 radical (unpaired) electrons. The molecule has 0 spiro atoms. The van der Waals surface area contributed by atoms with Gasteiger partial charge in [-0.05, 0) is 29.8 Å². The third kappa shape index (κ3) is 3.93. The van der Waals surface area contributed by atoms with E-state index in [1.807, 2.05) is 6.07 Å². The second-order valence-electron chi connectivity index (χ2n) is 5.88. The fourth-order valence-electron chi connectivity index (χ4n) is 2.70. The largest absolute Gasteiger partial charge is 0.397 e. The van der Waals surface area contributed by atoms with E-state index >= 15 is 0 Å². The van der Waals surface area contributed by atoms with Crippen molar-refractivity contribution in [3.05, 3.63) is 91.3 Å². The van der Waals surface area contributed by atoms with Gasteiger partial charge in [-0.15, -0.1) is 0 Å². The van der Waals surface area contributed by atoms with Crippen molar-refractivity contribution in [3.8, 4) is 0 Å². The Morgan fingerprint density at radius 3 is 2.41 bits per heavy atom. The van der Waals surface area contributed by atoms with E-state index < -0.39 is 15.9 Å². The molecule has 3 rings (SSSR count). The molecule has 0 aliphatic carbocycles. The Hall–Kier alpha value is -3.32. The number of anilines is 3. The molecule has 1 heterocycles. The van der Waals surface area contributed by atoms with Crippen LogP contribution in [-0.2, 0) is 20.6 Å². The number of amides is 1. The average Bonchev–Trinajstić information content (AvgIpc) is 3.14. The molecule has 0 bridgehead atoms. The maximum absolute atomic E-state index is 12.7. The van der Waals surface area contributed by atoms with Gasteiger partial charge >= 0.3 is 0 Å². The normalized spacial score (nSPS) is 11.1. The molecule has 27 heavy (non-hydrogen) atoms. The smallest absolute Gasteiger partial charge is 0.255 e. The van der Waals surface area contributed by atoms with Gasteiger partial charge in [-0.25, -0.2) is 8.42 Å². The number of hydrogen-bond donors (Lipinski definition) is 1. The van der Waals surface area contributed by atoms with Crippen molar-refractivity contribution in [2.75, 3.05) is 10.6 Å². The number of benzene rings is 2. The molecule has 1 aromatic heterocycles. The van der Waals surface area contributed by atoms with Gasteiger partial charge in [0.25, 0.3) is 5.91 Å². The lowest BCUT2D eigenvalue weighted by atomic mass is 10.2. The Bertz CT molecular complexity index is 1070.